The number of pyridine rings is 1. The van der Waals surface area contributed by atoms with Crippen molar-refractivity contribution in [3.63, 3.8) is 0 Å². The summed E-state index contributed by atoms with van der Waals surface area (Å²) < 4.78 is 26.0. The molecule has 0 radical (unpaired) electrons. The van der Waals surface area contributed by atoms with E-state index in [1.807, 2.05) is 48.5 Å². The van der Waals surface area contributed by atoms with E-state index in [0.717, 1.165) is 39.5 Å². The van der Waals surface area contributed by atoms with Crippen molar-refractivity contribution < 1.29 is 8.42 Å². The molecule has 0 saturated heterocycles. The van der Waals surface area contributed by atoms with Gasteiger partial charge in [0.15, 0.2) is 0 Å². The fourth-order valence-electron chi connectivity index (χ4n) is 4.15. The molecule has 32 heavy (non-hydrogen) atoms. The van der Waals surface area contributed by atoms with Crippen LogP contribution >= 0.6 is 0 Å². The maximum atomic E-state index is 11.7. The molecule has 1 aliphatic heterocycles. The zero-order valence-electron chi connectivity index (χ0n) is 17.5. The highest BCUT2D eigenvalue weighted by atomic mass is 32.2. The van der Waals surface area contributed by atoms with E-state index in [2.05, 4.69) is 19.6 Å². The van der Waals surface area contributed by atoms with Gasteiger partial charge in [-0.25, -0.2) is 13.4 Å². The summed E-state index contributed by atoms with van der Waals surface area (Å²) in [7, 11) is -3.34. The van der Waals surface area contributed by atoms with Gasteiger partial charge in [0.2, 0.25) is 16.0 Å². The fraction of sp³-hybridized carbons (Fsp3) is 0.174. The number of fused-ring (bicyclic) bond motifs is 2. The molecule has 0 unspecified atom stereocenters. The minimum atomic E-state index is -3.34. The van der Waals surface area contributed by atoms with Crippen LogP contribution in [-0.4, -0.2) is 36.2 Å². The molecule has 2 aromatic carbocycles. The maximum Gasteiger partial charge on any atom is 0.229 e. The first-order valence-corrected chi connectivity index (χ1v) is 12.1. The van der Waals surface area contributed by atoms with Gasteiger partial charge in [-0.3, -0.25) is 9.71 Å². The summed E-state index contributed by atoms with van der Waals surface area (Å²) in [6.07, 6.45) is 3.58. The van der Waals surface area contributed by atoms with Gasteiger partial charge in [-0.1, -0.05) is 30.3 Å². The first-order valence-electron chi connectivity index (χ1n) is 10.2. The van der Waals surface area contributed by atoms with Gasteiger partial charge in [-0.2, -0.15) is 4.98 Å². The van der Waals surface area contributed by atoms with Crippen molar-refractivity contribution in [1.29, 1.82) is 0 Å². The van der Waals surface area contributed by atoms with E-state index in [9.17, 15) is 8.42 Å². The Bertz CT molecular complexity index is 1420. The van der Waals surface area contributed by atoms with Crippen LogP contribution in [0.5, 0.6) is 0 Å². The molecular formula is C23H22N6O2S. The van der Waals surface area contributed by atoms with Crippen molar-refractivity contribution in [2.75, 3.05) is 28.2 Å². The fourth-order valence-corrected chi connectivity index (χ4v) is 4.74. The van der Waals surface area contributed by atoms with E-state index in [1.54, 1.807) is 12.3 Å². The number of benzene rings is 2. The van der Waals surface area contributed by atoms with Crippen molar-refractivity contribution in [3.8, 4) is 11.3 Å². The molecule has 0 atom stereocenters. The number of hydrogen-bond acceptors (Lipinski definition) is 7. The van der Waals surface area contributed by atoms with Crippen molar-refractivity contribution in [1.82, 2.24) is 15.0 Å². The zero-order valence-corrected chi connectivity index (χ0v) is 18.3. The van der Waals surface area contributed by atoms with Crippen molar-refractivity contribution in [2.45, 2.75) is 13.0 Å². The standard InChI is InChI=1S/C23H22N6O2S/c1-32(30,31)28-19-9-4-6-15-14-29(13-11-16(15)19)23-26-20-10-5-7-17(21(20)22(24)27-23)18-8-2-3-12-25-18/h2-10,12,28H,11,13-14H2,1H3,(H2,24,26,27). The second-order valence-corrected chi connectivity index (χ2v) is 9.56. The molecule has 0 aliphatic carbocycles. The van der Waals surface area contributed by atoms with Crippen molar-refractivity contribution >= 4 is 38.4 Å². The molecular weight excluding hydrogens is 424 g/mol. The Kier molecular flexibility index (Phi) is 4.90. The molecule has 9 heteroatoms. The number of nitrogens with one attached hydrogen (secondary N) is 1. The molecule has 3 N–H and O–H groups in total. The van der Waals surface area contributed by atoms with Gasteiger partial charge in [0.05, 0.1) is 28.5 Å². The van der Waals surface area contributed by atoms with Gasteiger partial charge in [0, 0.05) is 24.8 Å². The van der Waals surface area contributed by atoms with Gasteiger partial charge in [0.25, 0.3) is 0 Å². The predicted octanol–water partition coefficient (Wildman–Crippen LogP) is 3.21. The topological polar surface area (TPSA) is 114 Å². The third-order valence-corrected chi connectivity index (χ3v) is 6.12. The lowest BCUT2D eigenvalue weighted by molar-refractivity contribution is 0.606. The van der Waals surface area contributed by atoms with Crippen LogP contribution in [0.3, 0.4) is 0 Å². The highest BCUT2D eigenvalue weighted by molar-refractivity contribution is 7.92. The Morgan fingerprint density at radius 2 is 1.88 bits per heavy atom. The maximum absolute atomic E-state index is 11.7. The van der Waals surface area contributed by atoms with E-state index in [4.69, 9.17) is 10.7 Å². The molecule has 0 amide bonds. The minimum absolute atomic E-state index is 0.407. The van der Waals surface area contributed by atoms with Gasteiger partial charge in [-0.05, 0) is 41.8 Å². The summed E-state index contributed by atoms with van der Waals surface area (Å²) in [5, 5.41) is 0.784. The highest BCUT2D eigenvalue weighted by Crippen LogP contribution is 2.33. The molecule has 2 aromatic heterocycles. The Morgan fingerprint density at radius 1 is 1.03 bits per heavy atom. The summed E-state index contributed by atoms with van der Waals surface area (Å²) in [5.41, 5.74) is 11.5. The molecule has 4 aromatic rings. The average Bonchev–Trinajstić information content (AvgIpc) is 2.78. The quantitative estimate of drug-likeness (QED) is 0.495. The summed E-state index contributed by atoms with van der Waals surface area (Å²) in [6, 6.07) is 17.2. The van der Waals surface area contributed by atoms with Crippen LogP contribution in [0.25, 0.3) is 22.2 Å². The lowest BCUT2D eigenvalue weighted by Crippen LogP contribution is -2.32. The number of anilines is 3. The molecule has 0 bridgehead atoms. The number of aromatic nitrogens is 3. The monoisotopic (exact) mass is 446 g/mol. The van der Waals surface area contributed by atoms with Gasteiger partial charge in [-0.15, -0.1) is 0 Å². The largest absolute Gasteiger partial charge is 0.383 e. The minimum Gasteiger partial charge on any atom is -0.383 e. The number of nitrogens with two attached hydrogens (primary N) is 1. The lowest BCUT2D eigenvalue weighted by Gasteiger charge is -2.30. The van der Waals surface area contributed by atoms with Gasteiger partial charge >= 0.3 is 0 Å². The zero-order chi connectivity index (χ0) is 22.3. The van der Waals surface area contributed by atoms with Gasteiger partial charge in [0.1, 0.15) is 5.82 Å². The SMILES string of the molecule is CS(=O)(=O)Nc1cccc2c1CCN(c1nc(N)c3c(-c4ccccn4)cccc3n1)C2. The average molecular weight is 447 g/mol. The first kappa shape index (κ1) is 20.2. The van der Waals surface area contributed by atoms with Crippen LogP contribution < -0.4 is 15.4 Å². The second-order valence-electron chi connectivity index (χ2n) is 7.81. The normalized spacial score (nSPS) is 13.7. The number of nitrogens with zero attached hydrogens (tertiary/aromatic N) is 4. The molecule has 0 spiro atoms. The predicted molar refractivity (Wildman–Crippen MR) is 127 cm³/mol. The third kappa shape index (κ3) is 3.82. The van der Waals surface area contributed by atoms with E-state index in [1.165, 1.54) is 0 Å². The van der Waals surface area contributed by atoms with E-state index in [-0.39, 0.29) is 0 Å². The second kappa shape index (κ2) is 7.76. The Morgan fingerprint density at radius 3 is 2.66 bits per heavy atom. The molecule has 1 aliphatic rings. The van der Waals surface area contributed by atoms with E-state index < -0.39 is 10.0 Å². The van der Waals surface area contributed by atoms with E-state index >= 15 is 0 Å². The van der Waals surface area contributed by atoms with Crippen LogP contribution in [-0.2, 0) is 23.0 Å². The summed E-state index contributed by atoms with van der Waals surface area (Å²) in [6.45, 7) is 1.22. The first-order chi connectivity index (χ1) is 15.4. The summed E-state index contributed by atoms with van der Waals surface area (Å²) in [4.78, 5) is 15.9. The Hall–Kier alpha value is -3.72. The summed E-state index contributed by atoms with van der Waals surface area (Å²) >= 11 is 0. The van der Waals surface area contributed by atoms with Gasteiger partial charge < -0.3 is 10.6 Å². The molecule has 0 saturated carbocycles. The molecule has 5 rings (SSSR count). The van der Waals surface area contributed by atoms with E-state index in [0.29, 0.717) is 37.0 Å². The van der Waals surface area contributed by atoms with Crippen LogP contribution in [0.4, 0.5) is 17.5 Å². The van der Waals surface area contributed by atoms with Crippen LogP contribution in [0.2, 0.25) is 0 Å². The summed E-state index contributed by atoms with van der Waals surface area (Å²) in [5.74, 6) is 0.963. The number of sulfonamides is 1. The molecule has 162 valence electrons. The number of nitrogen functional groups attached to an aromatic ring is 1. The third-order valence-electron chi connectivity index (χ3n) is 5.52. The molecule has 0 fully saturated rings. The van der Waals surface area contributed by atoms with Crippen LogP contribution in [0.15, 0.2) is 60.8 Å². The molecule has 8 nitrogen and oxygen atoms in total. The van der Waals surface area contributed by atoms with Crippen molar-refractivity contribution in [2.24, 2.45) is 0 Å². The van der Waals surface area contributed by atoms with Crippen LogP contribution in [0, 0.1) is 0 Å². The lowest BCUT2D eigenvalue weighted by atomic mass is 9.98. The number of hydrogen-bond donors (Lipinski definition) is 2. The highest BCUT2D eigenvalue weighted by Gasteiger charge is 2.23. The van der Waals surface area contributed by atoms with Crippen LogP contribution in [0.1, 0.15) is 11.1 Å². The Balaban J connectivity index is 1.51. The number of rotatable bonds is 4. The molecule has 3 heterocycles. The smallest absolute Gasteiger partial charge is 0.229 e. The Labute approximate surface area is 186 Å². The van der Waals surface area contributed by atoms with Crippen molar-refractivity contribution in [3.05, 3.63) is 71.9 Å².